The fourth-order valence-electron chi connectivity index (χ4n) is 4.04. The molecule has 0 aliphatic heterocycles. The second kappa shape index (κ2) is 13.1. The summed E-state index contributed by atoms with van der Waals surface area (Å²) in [5, 5.41) is 3.41. The first kappa shape index (κ1) is 30.9. The van der Waals surface area contributed by atoms with Crippen LogP contribution in [0.15, 0.2) is 83.8 Å². The third-order valence-corrected chi connectivity index (χ3v) is 8.78. The predicted molar refractivity (Wildman–Crippen MR) is 164 cm³/mol. The molecule has 0 spiro atoms. The number of nitrogens with zero attached hydrogens (tertiary/aromatic N) is 2. The van der Waals surface area contributed by atoms with Crippen molar-refractivity contribution in [3.8, 4) is 0 Å². The summed E-state index contributed by atoms with van der Waals surface area (Å²) in [4.78, 5) is 28.9. The van der Waals surface area contributed by atoms with Crippen LogP contribution in [0.2, 0.25) is 5.02 Å². The molecule has 0 aliphatic carbocycles. The summed E-state index contributed by atoms with van der Waals surface area (Å²) in [7, 11) is -4.10. The van der Waals surface area contributed by atoms with Crippen LogP contribution in [-0.4, -0.2) is 43.3 Å². The molecule has 0 saturated carbocycles. The number of sulfonamides is 1. The Labute approximate surface area is 249 Å². The molecule has 0 saturated heterocycles. The van der Waals surface area contributed by atoms with E-state index in [1.807, 2.05) is 27.7 Å². The van der Waals surface area contributed by atoms with Crippen molar-refractivity contribution in [2.24, 2.45) is 0 Å². The summed E-state index contributed by atoms with van der Waals surface area (Å²) < 4.78 is 29.6. The molecule has 10 heteroatoms. The second-order valence-electron chi connectivity index (χ2n) is 10.1. The van der Waals surface area contributed by atoms with E-state index in [0.717, 1.165) is 7.88 Å². The number of rotatable bonds is 10. The normalized spacial score (nSPS) is 12.5. The van der Waals surface area contributed by atoms with E-state index in [0.29, 0.717) is 22.7 Å². The van der Waals surface area contributed by atoms with Crippen LogP contribution < -0.4 is 9.62 Å². The maximum atomic E-state index is 14.1. The highest BCUT2D eigenvalue weighted by molar-refractivity contribution is 14.1. The lowest BCUT2D eigenvalue weighted by Crippen LogP contribution is -2.55. The van der Waals surface area contributed by atoms with Gasteiger partial charge in [0.15, 0.2) is 0 Å². The van der Waals surface area contributed by atoms with Gasteiger partial charge in [0.2, 0.25) is 11.8 Å². The first-order valence-corrected chi connectivity index (χ1v) is 15.4. The summed E-state index contributed by atoms with van der Waals surface area (Å²) in [5.74, 6) is -0.846. The monoisotopic (exact) mass is 681 g/mol. The van der Waals surface area contributed by atoms with Gasteiger partial charge < -0.3 is 10.2 Å². The van der Waals surface area contributed by atoms with E-state index < -0.39 is 34.1 Å². The molecule has 39 heavy (non-hydrogen) atoms. The third kappa shape index (κ3) is 8.18. The largest absolute Gasteiger partial charge is 0.350 e. The van der Waals surface area contributed by atoms with Crippen LogP contribution >= 0.6 is 34.2 Å². The fourth-order valence-corrected chi connectivity index (χ4v) is 6.03. The molecule has 0 bridgehead atoms. The number of hydrogen-bond acceptors (Lipinski definition) is 4. The van der Waals surface area contributed by atoms with Crippen LogP contribution in [0.3, 0.4) is 0 Å². The molecule has 7 nitrogen and oxygen atoms in total. The minimum Gasteiger partial charge on any atom is -0.350 e. The van der Waals surface area contributed by atoms with Crippen LogP contribution in [0.1, 0.15) is 39.7 Å². The molecular weight excluding hydrogens is 649 g/mol. The molecule has 0 fully saturated rings. The first-order valence-electron chi connectivity index (χ1n) is 12.5. The lowest BCUT2D eigenvalue weighted by molar-refractivity contribution is -0.141. The summed E-state index contributed by atoms with van der Waals surface area (Å²) in [6.07, 6.45) is 0.326. The van der Waals surface area contributed by atoms with Gasteiger partial charge in [-0.1, -0.05) is 54.9 Å². The minimum atomic E-state index is -4.10. The maximum Gasteiger partial charge on any atom is 0.264 e. The van der Waals surface area contributed by atoms with Crippen molar-refractivity contribution in [3.05, 3.63) is 93.0 Å². The van der Waals surface area contributed by atoms with Gasteiger partial charge in [-0.3, -0.25) is 13.9 Å². The maximum absolute atomic E-state index is 14.1. The molecular formula is C29H33ClIN3O4S. The molecule has 2 amide bonds. The minimum absolute atomic E-state index is 0.0422. The average Bonchev–Trinajstić information content (AvgIpc) is 2.88. The van der Waals surface area contributed by atoms with Crippen molar-refractivity contribution in [3.63, 3.8) is 0 Å². The molecule has 208 valence electrons. The lowest BCUT2D eigenvalue weighted by atomic mass is 10.1. The Kier molecular flexibility index (Phi) is 10.4. The molecule has 1 unspecified atom stereocenters. The molecule has 1 N–H and O–H groups in total. The highest BCUT2D eigenvalue weighted by atomic mass is 127. The quantitative estimate of drug-likeness (QED) is 0.272. The van der Waals surface area contributed by atoms with E-state index in [9.17, 15) is 18.0 Å². The van der Waals surface area contributed by atoms with Crippen molar-refractivity contribution >= 4 is 61.7 Å². The van der Waals surface area contributed by atoms with Crippen molar-refractivity contribution in [1.82, 2.24) is 10.2 Å². The molecule has 0 heterocycles. The summed E-state index contributed by atoms with van der Waals surface area (Å²) in [6, 6.07) is 21.1. The van der Waals surface area contributed by atoms with Crippen molar-refractivity contribution in [2.45, 2.75) is 57.1 Å². The van der Waals surface area contributed by atoms with E-state index in [1.54, 1.807) is 66.7 Å². The fraction of sp³-hybridized carbons (Fsp3) is 0.310. The Morgan fingerprint density at radius 3 is 2.10 bits per heavy atom. The predicted octanol–water partition coefficient (Wildman–Crippen LogP) is 5.86. The zero-order valence-electron chi connectivity index (χ0n) is 22.4. The van der Waals surface area contributed by atoms with Crippen LogP contribution in [0.25, 0.3) is 0 Å². The average molecular weight is 682 g/mol. The van der Waals surface area contributed by atoms with Gasteiger partial charge in [0.1, 0.15) is 12.6 Å². The van der Waals surface area contributed by atoms with E-state index in [1.165, 1.54) is 17.0 Å². The summed E-state index contributed by atoms with van der Waals surface area (Å²) in [6.45, 7) is 6.95. The summed E-state index contributed by atoms with van der Waals surface area (Å²) >= 11 is 8.57. The molecule has 3 rings (SSSR count). The van der Waals surface area contributed by atoms with Gasteiger partial charge in [-0.2, -0.15) is 0 Å². The Morgan fingerprint density at radius 1 is 0.949 bits per heavy atom. The van der Waals surface area contributed by atoms with Crippen LogP contribution in [0.5, 0.6) is 0 Å². The SMILES string of the molecule is CCC(C(=O)NC(C)(C)C)N(Cc1ccccc1Cl)C(=O)CN(c1ccc(I)cc1)S(=O)(=O)c1ccccc1. The highest BCUT2D eigenvalue weighted by Crippen LogP contribution is 2.26. The summed E-state index contributed by atoms with van der Waals surface area (Å²) in [5.41, 5.74) is 0.478. The molecule has 3 aromatic rings. The van der Waals surface area contributed by atoms with E-state index in [-0.39, 0.29) is 17.3 Å². The van der Waals surface area contributed by atoms with Crippen LogP contribution in [0.4, 0.5) is 5.69 Å². The van der Waals surface area contributed by atoms with Gasteiger partial charge in [0.25, 0.3) is 10.0 Å². The number of halogens is 2. The van der Waals surface area contributed by atoms with Crippen molar-refractivity contribution in [1.29, 1.82) is 0 Å². The zero-order valence-corrected chi connectivity index (χ0v) is 26.1. The molecule has 1 atom stereocenters. The number of nitrogens with one attached hydrogen (secondary N) is 1. The number of anilines is 1. The first-order chi connectivity index (χ1) is 18.3. The number of amides is 2. The number of carbonyl (C=O) groups excluding carboxylic acids is 2. The second-order valence-corrected chi connectivity index (χ2v) is 13.6. The molecule has 0 radical (unpaired) electrons. The lowest BCUT2D eigenvalue weighted by Gasteiger charge is -2.35. The van der Waals surface area contributed by atoms with Gasteiger partial charge in [-0.15, -0.1) is 0 Å². The van der Waals surface area contributed by atoms with E-state index in [4.69, 9.17) is 11.6 Å². The van der Waals surface area contributed by atoms with Gasteiger partial charge in [-0.25, -0.2) is 8.42 Å². The standard InChI is InChI=1S/C29H33ClIN3O4S/c1-5-26(28(36)32-29(2,3)4)33(19-21-11-9-10-14-25(21)30)27(35)20-34(23-17-15-22(31)16-18-23)39(37,38)24-12-7-6-8-13-24/h6-18,26H,5,19-20H2,1-4H3,(H,32,36). The highest BCUT2D eigenvalue weighted by Gasteiger charge is 2.34. The Balaban J connectivity index is 2.07. The van der Waals surface area contributed by atoms with Gasteiger partial charge in [0.05, 0.1) is 10.6 Å². The number of benzene rings is 3. The smallest absolute Gasteiger partial charge is 0.264 e. The molecule has 3 aromatic carbocycles. The number of carbonyl (C=O) groups is 2. The van der Waals surface area contributed by atoms with Crippen LogP contribution in [0, 0.1) is 3.57 Å². The van der Waals surface area contributed by atoms with Crippen LogP contribution in [-0.2, 0) is 26.2 Å². The van der Waals surface area contributed by atoms with Crippen molar-refractivity contribution in [2.75, 3.05) is 10.8 Å². The van der Waals surface area contributed by atoms with E-state index in [2.05, 4.69) is 27.9 Å². The zero-order chi connectivity index (χ0) is 28.8. The third-order valence-electron chi connectivity index (χ3n) is 5.91. The Morgan fingerprint density at radius 2 is 1.54 bits per heavy atom. The topological polar surface area (TPSA) is 86.8 Å². The van der Waals surface area contributed by atoms with Crippen molar-refractivity contribution < 1.29 is 18.0 Å². The Hall–Kier alpha value is -2.63. The van der Waals surface area contributed by atoms with Gasteiger partial charge in [0, 0.05) is 20.7 Å². The molecule has 0 aromatic heterocycles. The number of hydrogen-bond donors (Lipinski definition) is 1. The van der Waals surface area contributed by atoms with E-state index >= 15 is 0 Å². The van der Waals surface area contributed by atoms with Gasteiger partial charge in [-0.05, 0) is 97.8 Å². The molecule has 0 aliphatic rings. The van der Waals surface area contributed by atoms with Gasteiger partial charge >= 0.3 is 0 Å². The Bertz CT molecular complexity index is 1390.